The fourth-order valence-electron chi connectivity index (χ4n) is 0.996. The molecule has 0 fully saturated rings. The van der Waals surface area contributed by atoms with Crippen LogP contribution in [0.15, 0.2) is 22.7 Å². The summed E-state index contributed by atoms with van der Waals surface area (Å²) in [6.07, 6.45) is 2.15. The van der Waals surface area contributed by atoms with Gasteiger partial charge in [0.2, 0.25) is 0 Å². The summed E-state index contributed by atoms with van der Waals surface area (Å²) >= 11 is 6.78. The minimum Gasteiger partial charge on any atom is -0.508 e. The van der Waals surface area contributed by atoms with Crippen molar-refractivity contribution in [2.75, 3.05) is 5.33 Å². The van der Waals surface area contributed by atoms with Crippen molar-refractivity contribution in [2.24, 2.45) is 0 Å². The number of halogens is 2. The van der Waals surface area contributed by atoms with Gasteiger partial charge in [-0.1, -0.05) is 37.9 Å². The smallest absolute Gasteiger partial charge is 0.116 e. The van der Waals surface area contributed by atoms with Crippen LogP contribution in [-0.4, -0.2) is 10.4 Å². The van der Waals surface area contributed by atoms with Crippen LogP contribution in [0, 0.1) is 0 Å². The lowest BCUT2D eigenvalue weighted by molar-refractivity contribution is 0.474. The van der Waals surface area contributed by atoms with Crippen LogP contribution >= 0.6 is 31.9 Å². The molecule has 1 aromatic rings. The van der Waals surface area contributed by atoms with Gasteiger partial charge in [0.1, 0.15) is 5.75 Å². The second-order valence-electron chi connectivity index (χ2n) is 2.57. The van der Waals surface area contributed by atoms with E-state index >= 15 is 0 Å². The van der Waals surface area contributed by atoms with E-state index in [1.54, 1.807) is 12.1 Å². The number of phenolic OH excluding ortho intramolecular Hbond substituents is 1. The van der Waals surface area contributed by atoms with Crippen molar-refractivity contribution in [3.8, 4) is 5.75 Å². The van der Waals surface area contributed by atoms with Crippen LogP contribution in [-0.2, 0) is 6.42 Å². The Morgan fingerprint density at radius 2 is 2.08 bits per heavy atom. The van der Waals surface area contributed by atoms with Crippen molar-refractivity contribution >= 4 is 31.9 Å². The number of hydrogen-bond acceptors (Lipinski definition) is 1. The molecule has 0 aromatic heterocycles. The van der Waals surface area contributed by atoms with E-state index < -0.39 is 0 Å². The van der Waals surface area contributed by atoms with E-state index in [0.717, 1.165) is 22.6 Å². The zero-order valence-corrected chi connectivity index (χ0v) is 9.73. The lowest BCUT2D eigenvalue weighted by atomic mass is 10.1. The molecule has 0 aliphatic carbocycles. The zero-order chi connectivity index (χ0) is 8.97. The van der Waals surface area contributed by atoms with Crippen molar-refractivity contribution in [3.63, 3.8) is 0 Å². The minimum absolute atomic E-state index is 0.310. The van der Waals surface area contributed by atoms with E-state index in [4.69, 9.17) is 5.11 Å². The molecule has 0 saturated carbocycles. The Labute approximate surface area is 89.1 Å². The summed E-state index contributed by atoms with van der Waals surface area (Å²) in [6.45, 7) is 0. The lowest BCUT2D eigenvalue weighted by Gasteiger charge is -2.02. The van der Waals surface area contributed by atoms with E-state index in [2.05, 4.69) is 31.9 Å². The molecular weight excluding hydrogens is 284 g/mol. The monoisotopic (exact) mass is 292 g/mol. The number of rotatable bonds is 3. The van der Waals surface area contributed by atoms with Gasteiger partial charge in [0.25, 0.3) is 0 Å². The third kappa shape index (κ3) is 2.79. The zero-order valence-electron chi connectivity index (χ0n) is 6.56. The first-order valence-electron chi connectivity index (χ1n) is 3.77. The average Bonchev–Trinajstić information content (AvgIpc) is 2.03. The molecule has 0 spiro atoms. The molecule has 12 heavy (non-hydrogen) atoms. The molecule has 1 N–H and O–H groups in total. The molecule has 0 atom stereocenters. The van der Waals surface area contributed by atoms with Gasteiger partial charge in [-0.3, -0.25) is 0 Å². The molecule has 1 aromatic carbocycles. The highest BCUT2D eigenvalue weighted by Crippen LogP contribution is 2.23. The Morgan fingerprint density at radius 1 is 1.33 bits per heavy atom. The molecule has 1 nitrogen and oxygen atoms in total. The predicted molar refractivity (Wildman–Crippen MR) is 57.9 cm³/mol. The van der Waals surface area contributed by atoms with Crippen LogP contribution in [0.2, 0.25) is 0 Å². The third-order valence-corrected chi connectivity index (χ3v) is 2.92. The highest BCUT2D eigenvalue weighted by Gasteiger charge is 1.99. The maximum Gasteiger partial charge on any atom is 0.116 e. The summed E-state index contributed by atoms with van der Waals surface area (Å²) in [5, 5.41) is 10.1. The van der Waals surface area contributed by atoms with Gasteiger partial charge >= 0.3 is 0 Å². The molecule has 0 heterocycles. The largest absolute Gasteiger partial charge is 0.508 e. The van der Waals surface area contributed by atoms with Crippen molar-refractivity contribution in [2.45, 2.75) is 12.8 Å². The summed E-state index contributed by atoms with van der Waals surface area (Å²) < 4.78 is 0.989. The first-order chi connectivity index (χ1) is 5.74. The second-order valence-corrected chi connectivity index (χ2v) is 4.22. The van der Waals surface area contributed by atoms with E-state index in [-0.39, 0.29) is 0 Å². The second kappa shape index (κ2) is 4.87. The third-order valence-electron chi connectivity index (χ3n) is 1.62. The molecule has 66 valence electrons. The summed E-state index contributed by atoms with van der Waals surface area (Å²) in [5.41, 5.74) is 1.24. The van der Waals surface area contributed by atoms with Crippen molar-refractivity contribution in [1.29, 1.82) is 0 Å². The maximum atomic E-state index is 9.12. The first kappa shape index (κ1) is 10.1. The summed E-state index contributed by atoms with van der Waals surface area (Å²) in [6, 6.07) is 5.39. The number of hydrogen-bond donors (Lipinski definition) is 1. The quantitative estimate of drug-likeness (QED) is 0.846. The topological polar surface area (TPSA) is 20.2 Å². The van der Waals surface area contributed by atoms with Gasteiger partial charge in [0.15, 0.2) is 0 Å². The Hall–Kier alpha value is -0.0200. The van der Waals surface area contributed by atoms with Crippen LogP contribution in [0.25, 0.3) is 0 Å². The lowest BCUT2D eigenvalue weighted by Crippen LogP contribution is -1.87. The Balaban J connectivity index is 2.72. The molecular formula is C9H10Br2O. The Bertz CT molecular complexity index is 261. The van der Waals surface area contributed by atoms with E-state index in [9.17, 15) is 0 Å². The van der Waals surface area contributed by atoms with E-state index in [1.807, 2.05) is 6.07 Å². The molecule has 0 aliphatic rings. The standard InChI is InChI=1S/C9H10Br2O/c10-5-1-2-7-3-4-8(12)6-9(7)11/h3-4,6,12H,1-2,5H2. The molecule has 0 saturated heterocycles. The van der Waals surface area contributed by atoms with Crippen molar-refractivity contribution < 1.29 is 5.11 Å². The molecule has 0 radical (unpaired) electrons. The van der Waals surface area contributed by atoms with Gasteiger partial charge < -0.3 is 5.11 Å². The molecule has 3 heteroatoms. The number of aromatic hydroxyl groups is 1. The normalized spacial score (nSPS) is 10.2. The highest BCUT2D eigenvalue weighted by atomic mass is 79.9. The van der Waals surface area contributed by atoms with Gasteiger partial charge in [0.05, 0.1) is 0 Å². The SMILES string of the molecule is Oc1ccc(CCCBr)c(Br)c1. The molecule has 0 unspecified atom stereocenters. The van der Waals surface area contributed by atoms with Crippen LogP contribution in [0.4, 0.5) is 0 Å². The summed E-state index contributed by atoms with van der Waals surface area (Å²) in [7, 11) is 0. The maximum absolute atomic E-state index is 9.12. The number of benzene rings is 1. The molecule has 0 bridgehead atoms. The van der Waals surface area contributed by atoms with E-state index in [0.29, 0.717) is 5.75 Å². The fraction of sp³-hybridized carbons (Fsp3) is 0.333. The van der Waals surface area contributed by atoms with Crippen LogP contribution < -0.4 is 0 Å². The van der Waals surface area contributed by atoms with Gasteiger partial charge in [-0.05, 0) is 30.5 Å². The van der Waals surface area contributed by atoms with Crippen LogP contribution in [0.5, 0.6) is 5.75 Å². The molecule has 0 aliphatic heterocycles. The van der Waals surface area contributed by atoms with Crippen molar-refractivity contribution in [3.05, 3.63) is 28.2 Å². The summed E-state index contributed by atoms with van der Waals surface area (Å²) in [5.74, 6) is 0.310. The number of aryl methyl sites for hydroxylation is 1. The van der Waals surface area contributed by atoms with Gasteiger partial charge in [-0.2, -0.15) is 0 Å². The Morgan fingerprint density at radius 3 is 2.67 bits per heavy atom. The predicted octanol–water partition coefficient (Wildman–Crippen LogP) is 3.48. The van der Waals surface area contributed by atoms with Gasteiger partial charge in [-0.25, -0.2) is 0 Å². The van der Waals surface area contributed by atoms with Crippen LogP contribution in [0.1, 0.15) is 12.0 Å². The fourth-order valence-corrected chi connectivity index (χ4v) is 1.84. The van der Waals surface area contributed by atoms with E-state index in [1.165, 1.54) is 5.56 Å². The van der Waals surface area contributed by atoms with Crippen molar-refractivity contribution in [1.82, 2.24) is 0 Å². The average molecular weight is 294 g/mol. The minimum atomic E-state index is 0.310. The van der Waals surface area contributed by atoms with Gasteiger partial charge in [-0.15, -0.1) is 0 Å². The number of alkyl halides is 1. The van der Waals surface area contributed by atoms with Crippen LogP contribution in [0.3, 0.4) is 0 Å². The first-order valence-corrected chi connectivity index (χ1v) is 5.69. The molecule has 1 rings (SSSR count). The van der Waals surface area contributed by atoms with Gasteiger partial charge in [0, 0.05) is 9.80 Å². The number of phenols is 1. The summed E-state index contributed by atoms with van der Waals surface area (Å²) in [4.78, 5) is 0. The highest BCUT2D eigenvalue weighted by molar-refractivity contribution is 9.10. The molecule has 0 amide bonds. The Kier molecular flexibility index (Phi) is 4.09.